The maximum absolute atomic E-state index is 13.7. The molecular weight excluding hydrogens is 601 g/mol. The van der Waals surface area contributed by atoms with Crippen LogP contribution in [0.2, 0.25) is 0 Å². The average Bonchev–Trinajstić information content (AvgIpc) is 3.38. The van der Waals surface area contributed by atoms with E-state index in [1.807, 2.05) is 36.4 Å². The molecule has 0 saturated carbocycles. The number of amides is 2. The molecule has 0 spiro atoms. The SMILES string of the molecule is CCOC(=O)Cc1cc2c(s1)CCN(C(=O)[C@H](Cc1ccccc1)NC(=O)c1ccc(C(=N)N)cc1)C2.O=C(O)C(F)(F)F. The van der Waals surface area contributed by atoms with Gasteiger partial charge in [0.05, 0.1) is 13.0 Å². The first kappa shape index (κ1) is 33.8. The number of esters is 1. The zero-order valence-corrected chi connectivity index (χ0v) is 24.5. The van der Waals surface area contributed by atoms with E-state index in [1.165, 1.54) is 4.88 Å². The van der Waals surface area contributed by atoms with E-state index in [0.29, 0.717) is 43.7 Å². The summed E-state index contributed by atoms with van der Waals surface area (Å²) in [6, 6.07) is 17.2. The molecule has 1 aliphatic heterocycles. The highest BCUT2D eigenvalue weighted by molar-refractivity contribution is 7.12. The molecule has 14 heteroatoms. The summed E-state index contributed by atoms with van der Waals surface area (Å²) < 4.78 is 36.8. The zero-order valence-electron chi connectivity index (χ0n) is 23.6. The van der Waals surface area contributed by atoms with Crippen molar-refractivity contribution in [3.63, 3.8) is 0 Å². The summed E-state index contributed by atoms with van der Waals surface area (Å²) in [7, 11) is 0. The molecule has 3 aromatic rings. The van der Waals surface area contributed by atoms with Crippen LogP contribution in [0.4, 0.5) is 13.2 Å². The largest absolute Gasteiger partial charge is 0.490 e. The number of alkyl halides is 3. The molecule has 1 aromatic heterocycles. The van der Waals surface area contributed by atoms with Crippen LogP contribution in [0.5, 0.6) is 0 Å². The Kier molecular flexibility index (Phi) is 11.6. The number of fused-ring (bicyclic) bond motifs is 1. The fourth-order valence-electron chi connectivity index (χ4n) is 4.34. The molecule has 4 rings (SSSR count). The Balaban J connectivity index is 0.000000676. The Morgan fingerprint density at radius 3 is 2.27 bits per heavy atom. The van der Waals surface area contributed by atoms with Crippen LogP contribution in [0.3, 0.4) is 0 Å². The average molecular weight is 633 g/mol. The Bertz CT molecular complexity index is 1490. The van der Waals surface area contributed by atoms with Gasteiger partial charge in [0.25, 0.3) is 5.91 Å². The number of halogens is 3. The number of ether oxygens (including phenoxy) is 1. The molecule has 0 radical (unpaired) electrons. The monoisotopic (exact) mass is 632 g/mol. The van der Waals surface area contributed by atoms with E-state index < -0.39 is 18.2 Å². The predicted octanol–water partition coefficient (Wildman–Crippen LogP) is 3.70. The molecule has 5 N–H and O–H groups in total. The van der Waals surface area contributed by atoms with Gasteiger partial charge < -0.3 is 25.8 Å². The molecule has 1 aliphatic rings. The summed E-state index contributed by atoms with van der Waals surface area (Å²) >= 11 is 1.59. The highest BCUT2D eigenvalue weighted by Gasteiger charge is 2.38. The molecule has 2 aromatic carbocycles. The molecule has 234 valence electrons. The maximum atomic E-state index is 13.7. The van der Waals surface area contributed by atoms with Gasteiger partial charge in [-0.3, -0.25) is 19.8 Å². The van der Waals surface area contributed by atoms with E-state index in [-0.39, 0.29) is 30.0 Å². The summed E-state index contributed by atoms with van der Waals surface area (Å²) in [5.74, 6) is -3.61. The summed E-state index contributed by atoms with van der Waals surface area (Å²) in [4.78, 5) is 51.4. The number of nitrogens with zero attached hydrogens (tertiary/aromatic N) is 1. The fourth-order valence-corrected chi connectivity index (χ4v) is 5.49. The van der Waals surface area contributed by atoms with E-state index in [9.17, 15) is 27.6 Å². The Hall–Kier alpha value is -4.72. The van der Waals surface area contributed by atoms with Crippen molar-refractivity contribution in [1.29, 1.82) is 5.41 Å². The van der Waals surface area contributed by atoms with Crippen molar-refractivity contribution < 1.29 is 42.2 Å². The summed E-state index contributed by atoms with van der Waals surface area (Å²) in [5, 5.41) is 17.6. The number of benzene rings is 2. The van der Waals surface area contributed by atoms with Crippen LogP contribution < -0.4 is 11.1 Å². The smallest absolute Gasteiger partial charge is 0.475 e. The third kappa shape index (κ3) is 9.66. The van der Waals surface area contributed by atoms with Gasteiger partial charge in [0.2, 0.25) is 5.91 Å². The number of carbonyl (C=O) groups excluding carboxylic acids is 3. The first-order chi connectivity index (χ1) is 20.8. The summed E-state index contributed by atoms with van der Waals surface area (Å²) in [5.41, 5.74) is 8.40. The van der Waals surface area contributed by atoms with Crippen LogP contribution in [0.25, 0.3) is 0 Å². The molecule has 0 fully saturated rings. The molecule has 0 unspecified atom stereocenters. The number of carboxylic acid groups (broad SMARTS) is 1. The molecule has 10 nitrogen and oxygen atoms in total. The highest BCUT2D eigenvalue weighted by atomic mass is 32.1. The molecule has 1 atom stereocenters. The second kappa shape index (κ2) is 15.1. The van der Waals surface area contributed by atoms with Gasteiger partial charge in [0.15, 0.2) is 0 Å². The van der Waals surface area contributed by atoms with Crippen LogP contribution in [0.15, 0.2) is 60.7 Å². The minimum atomic E-state index is -5.08. The second-order valence-electron chi connectivity index (χ2n) is 9.66. The molecule has 44 heavy (non-hydrogen) atoms. The number of amidine groups is 1. The highest BCUT2D eigenvalue weighted by Crippen LogP contribution is 2.29. The van der Waals surface area contributed by atoms with Crippen LogP contribution in [-0.2, 0) is 44.9 Å². The Morgan fingerprint density at radius 2 is 1.70 bits per heavy atom. The Morgan fingerprint density at radius 1 is 1.09 bits per heavy atom. The predicted molar refractivity (Wildman–Crippen MR) is 156 cm³/mol. The number of nitrogen functional groups attached to an aromatic ring is 1. The van der Waals surface area contributed by atoms with Gasteiger partial charge in [0.1, 0.15) is 11.9 Å². The van der Waals surface area contributed by atoms with Gasteiger partial charge in [-0.1, -0.05) is 42.5 Å². The second-order valence-corrected chi connectivity index (χ2v) is 10.9. The molecule has 2 heterocycles. The van der Waals surface area contributed by atoms with Crippen LogP contribution >= 0.6 is 11.3 Å². The van der Waals surface area contributed by atoms with Crippen molar-refractivity contribution in [1.82, 2.24) is 10.2 Å². The number of hydrogen-bond donors (Lipinski definition) is 4. The van der Waals surface area contributed by atoms with E-state index >= 15 is 0 Å². The lowest BCUT2D eigenvalue weighted by Gasteiger charge is -2.31. The number of carboxylic acids is 1. The van der Waals surface area contributed by atoms with E-state index in [1.54, 1.807) is 47.4 Å². The zero-order chi connectivity index (χ0) is 32.4. The van der Waals surface area contributed by atoms with Crippen LogP contribution in [0, 0.1) is 5.41 Å². The first-order valence-corrected chi connectivity index (χ1v) is 14.2. The van der Waals surface area contributed by atoms with Gasteiger partial charge in [-0.15, -0.1) is 11.3 Å². The number of carbonyl (C=O) groups is 4. The van der Waals surface area contributed by atoms with Gasteiger partial charge in [-0.05, 0) is 42.7 Å². The van der Waals surface area contributed by atoms with Crippen LogP contribution in [-0.4, -0.2) is 65.0 Å². The number of nitrogens with two attached hydrogens (primary N) is 1. The number of thiophene rings is 1. The summed E-state index contributed by atoms with van der Waals surface area (Å²) in [6.45, 7) is 3.11. The molecule has 2 amide bonds. The maximum Gasteiger partial charge on any atom is 0.490 e. The van der Waals surface area contributed by atoms with Gasteiger partial charge in [0, 0.05) is 40.4 Å². The van der Waals surface area contributed by atoms with Crippen molar-refractivity contribution in [2.45, 2.75) is 44.9 Å². The normalized spacial score (nSPS) is 13.0. The van der Waals surface area contributed by atoms with Crippen molar-refractivity contribution in [2.24, 2.45) is 5.73 Å². The third-order valence-electron chi connectivity index (χ3n) is 6.44. The third-order valence-corrected chi connectivity index (χ3v) is 7.68. The number of nitrogens with one attached hydrogen (secondary N) is 2. The van der Waals surface area contributed by atoms with Gasteiger partial charge >= 0.3 is 18.1 Å². The Labute approximate surface area is 255 Å². The number of rotatable bonds is 9. The fraction of sp³-hybridized carbons (Fsp3) is 0.300. The molecule has 0 bridgehead atoms. The van der Waals surface area contributed by atoms with Crippen molar-refractivity contribution in [3.8, 4) is 0 Å². The number of aliphatic carboxylic acids is 1. The lowest BCUT2D eigenvalue weighted by Crippen LogP contribution is -2.50. The van der Waals surface area contributed by atoms with Crippen LogP contribution in [0.1, 0.15) is 43.7 Å². The van der Waals surface area contributed by atoms with E-state index in [2.05, 4.69) is 5.32 Å². The quantitative estimate of drug-likeness (QED) is 0.159. The van der Waals surface area contributed by atoms with E-state index in [0.717, 1.165) is 16.0 Å². The number of hydrogen-bond acceptors (Lipinski definition) is 7. The standard InChI is InChI=1S/C28H30N4O4S.C2HF3O2/c1-2-36-25(33)16-22-15-21-17-32(13-12-24(21)37-22)28(35)23(14-18-6-4-3-5-7-18)31-27(34)20-10-8-19(9-11-20)26(29)30;3-2(4,5)1(6)7/h3-11,15,23H,2,12-14,16-17H2,1H3,(H3,29,30)(H,31,34);(H,6,7)/t23-;/m0./s1. The van der Waals surface area contributed by atoms with Crippen molar-refractivity contribution in [3.05, 3.63) is 92.7 Å². The minimum absolute atomic E-state index is 0.0765. The topological polar surface area (TPSA) is 163 Å². The van der Waals surface area contributed by atoms with Gasteiger partial charge in [-0.2, -0.15) is 13.2 Å². The van der Waals surface area contributed by atoms with E-state index in [4.69, 9.17) is 25.8 Å². The molecule has 0 aliphatic carbocycles. The summed E-state index contributed by atoms with van der Waals surface area (Å²) in [6.07, 6.45) is -3.79. The van der Waals surface area contributed by atoms with Crippen molar-refractivity contribution in [2.75, 3.05) is 13.2 Å². The molecular formula is C30H31F3N4O6S. The minimum Gasteiger partial charge on any atom is -0.475 e. The lowest BCUT2D eigenvalue weighted by molar-refractivity contribution is -0.192. The first-order valence-electron chi connectivity index (χ1n) is 13.4. The van der Waals surface area contributed by atoms with Crippen molar-refractivity contribution >= 4 is 40.9 Å². The lowest BCUT2D eigenvalue weighted by atomic mass is 10.0. The molecule has 0 saturated heterocycles. The van der Waals surface area contributed by atoms with Gasteiger partial charge in [-0.25, -0.2) is 4.79 Å².